The van der Waals surface area contributed by atoms with Gasteiger partial charge in [0, 0.05) is 13.0 Å². The van der Waals surface area contributed by atoms with Crippen LogP contribution in [0.15, 0.2) is 0 Å². The van der Waals surface area contributed by atoms with Crippen LogP contribution in [-0.2, 0) is 19.1 Å². The van der Waals surface area contributed by atoms with Gasteiger partial charge in [0.05, 0.1) is 19.6 Å². The third-order valence-corrected chi connectivity index (χ3v) is 3.45. The Morgan fingerprint density at radius 2 is 1.61 bits per heavy atom. The van der Waals surface area contributed by atoms with Crippen LogP contribution in [0, 0.1) is 11.8 Å². The molecule has 1 aliphatic carbocycles. The van der Waals surface area contributed by atoms with E-state index in [1.807, 2.05) is 0 Å². The number of hydrogen-bond donors (Lipinski definition) is 0. The third kappa shape index (κ3) is 3.82. The van der Waals surface area contributed by atoms with E-state index in [0.717, 1.165) is 0 Å². The standard InChI is InChI=1S/C13H21NO4/c1-9(15)8-14(2)12(16)10-4-6-11(7-5-10)13(17)18-3/h10-11H,4-8H2,1-3H3/t10-,11-. The Bertz CT molecular complexity index is 332. The zero-order chi connectivity index (χ0) is 13.7. The lowest BCUT2D eigenvalue weighted by Gasteiger charge is -2.29. The minimum absolute atomic E-state index is 0.00789. The lowest BCUT2D eigenvalue weighted by molar-refractivity contribution is -0.148. The second kappa shape index (κ2) is 6.52. The van der Waals surface area contributed by atoms with Gasteiger partial charge in [0.15, 0.2) is 0 Å². The summed E-state index contributed by atoms with van der Waals surface area (Å²) in [5.74, 6) is -0.326. The molecule has 0 bridgehead atoms. The maximum Gasteiger partial charge on any atom is 0.308 e. The van der Waals surface area contributed by atoms with Crippen molar-refractivity contribution in [1.29, 1.82) is 0 Å². The SMILES string of the molecule is COC(=O)[C@H]1CC[C@H](C(=O)N(C)CC(C)=O)CC1. The van der Waals surface area contributed by atoms with Crippen LogP contribution in [0.1, 0.15) is 32.6 Å². The lowest BCUT2D eigenvalue weighted by Crippen LogP contribution is -2.38. The van der Waals surface area contributed by atoms with Crippen molar-refractivity contribution < 1.29 is 19.1 Å². The average molecular weight is 255 g/mol. The van der Waals surface area contributed by atoms with E-state index in [1.165, 1.54) is 18.9 Å². The number of nitrogens with zero attached hydrogens (tertiary/aromatic N) is 1. The molecule has 18 heavy (non-hydrogen) atoms. The lowest BCUT2D eigenvalue weighted by atomic mass is 9.81. The Hall–Kier alpha value is -1.39. The molecule has 0 saturated heterocycles. The van der Waals surface area contributed by atoms with Crippen LogP contribution in [0.2, 0.25) is 0 Å². The molecule has 0 N–H and O–H groups in total. The van der Waals surface area contributed by atoms with E-state index in [2.05, 4.69) is 0 Å². The Balaban J connectivity index is 2.45. The fraction of sp³-hybridized carbons (Fsp3) is 0.769. The number of carbonyl (C=O) groups is 3. The highest BCUT2D eigenvalue weighted by molar-refractivity contribution is 5.85. The largest absolute Gasteiger partial charge is 0.469 e. The maximum absolute atomic E-state index is 12.0. The Labute approximate surface area is 107 Å². The van der Waals surface area contributed by atoms with Gasteiger partial charge in [-0.3, -0.25) is 14.4 Å². The third-order valence-electron chi connectivity index (χ3n) is 3.45. The highest BCUT2D eigenvalue weighted by Gasteiger charge is 2.31. The summed E-state index contributed by atoms with van der Waals surface area (Å²) >= 11 is 0. The summed E-state index contributed by atoms with van der Waals surface area (Å²) in [5, 5.41) is 0. The molecule has 0 aromatic carbocycles. The summed E-state index contributed by atoms with van der Waals surface area (Å²) < 4.78 is 4.71. The first-order valence-electron chi connectivity index (χ1n) is 6.28. The highest BCUT2D eigenvalue weighted by Crippen LogP contribution is 2.30. The summed E-state index contributed by atoms with van der Waals surface area (Å²) in [4.78, 5) is 35.8. The fourth-order valence-electron chi connectivity index (χ4n) is 2.47. The van der Waals surface area contributed by atoms with E-state index >= 15 is 0 Å². The number of rotatable bonds is 4. The number of Topliss-reactive ketones (excluding diaryl/α,β-unsaturated/α-hetero) is 1. The molecule has 1 fully saturated rings. The van der Waals surface area contributed by atoms with Crippen molar-refractivity contribution in [2.45, 2.75) is 32.6 Å². The first kappa shape index (κ1) is 14.7. The second-order valence-corrected chi connectivity index (χ2v) is 4.97. The van der Waals surface area contributed by atoms with Crippen LogP contribution >= 0.6 is 0 Å². The van der Waals surface area contributed by atoms with Gasteiger partial charge in [0.25, 0.3) is 0 Å². The number of methoxy groups -OCH3 is 1. The zero-order valence-electron chi connectivity index (χ0n) is 11.3. The van der Waals surface area contributed by atoms with Gasteiger partial charge in [-0.2, -0.15) is 0 Å². The van der Waals surface area contributed by atoms with Crippen LogP contribution in [0.3, 0.4) is 0 Å². The molecule has 0 atom stereocenters. The van der Waals surface area contributed by atoms with E-state index in [-0.39, 0.29) is 36.0 Å². The number of carbonyl (C=O) groups excluding carboxylic acids is 3. The van der Waals surface area contributed by atoms with E-state index in [9.17, 15) is 14.4 Å². The Kier molecular flexibility index (Phi) is 5.31. The molecular formula is C13H21NO4. The predicted molar refractivity (Wildman–Crippen MR) is 65.8 cm³/mol. The summed E-state index contributed by atoms with van der Waals surface area (Å²) in [6.45, 7) is 1.63. The Morgan fingerprint density at radius 1 is 1.11 bits per heavy atom. The first-order chi connectivity index (χ1) is 8.45. The number of esters is 1. The number of amides is 1. The predicted octanol–water partition coefficient (Wildman–Crippen LogP) is 1.01. The van der Waals surface area contributed by atoms with Crippen LogP contribution in [0.4, 0.5) is 0 Å². The quantitative estimate of drug-likeness (QED) is 0.703. The number of ketones is 1. The maximum atomic E-state index is 12.0. The molecule has 0 radical (unpaired) electrons. The summed E-state index contributed by atoms with van der Waals surface area (Å²) in [5.41, 5.74) is 0. The molecule has 0 unspecified atom stereocenters. The average Bonchev–Trinajstić information content (AvgIpc) is 2.36. The van der Waals surface area contributed by atoms with Gasteiger partial charge in [-0.05, 0) is 32.6 Å². The second-order valence-electron chi connectivity index (χ2n) is 4.97. The molecule has 0 aromatic rings. The summed E-state index contributed by atoms with van der Waals surface area (Å²) in [7, 11) is 3.04. The fourth-order valence-corrected chi connectivity index (χ4v) is 2.47. The van der Waals surface area contributed by atoms with Crippen molar-refractivity contribution >= 4 is 17.7 Å². The van der Waals surface area contributed by atoms with Crippen LogP contribution in [0.25, 0.3) is 0 Å². The molecule has 1 rings (SSSR count). The van der Waals surface area contributed by atoms with Crippen molar-refractivity contribution in [1.82, 2.24) is 4.90 Å². The van der Waals surface area contributed by atoms with Gasteiger partial charge in [-0.1, -0.05) is 0 Å². The van der Waals surface area contributed by atoms with Gasteiger partial charge >= 0.3 is 5.97 Å². The van der Waals surface area contributed by atoms with Gasteiger partial charge in [0.1, 0.15) is 5.78 Å². The first-order valence-corrected chi connectivity index (χ1v) is 6.28. The van der Waals surface area contributed by atoms with Crippen LogP contribution in [-0.4, -0.2) is 43.3 Å². The molecule has 5 nitrogen and oxygen atoms in total. The highest BCUT2D eigenvalue weighted by atomic mass is 16.5. The minimum atomic E-state index is -0.182. The molecule has 0 aromatic heterocycles. The van der Waals surface area contributed by atoms with Gasteiger partial charge in [-0.15, -0.1) is 0 Å². The molecule has 1 aliphatic rings. The Morgan fingerprint density at radius 3 is 2.06 bits per heavy atom. The number of hydrogen-bond acceptors (Lipinski definition) is 4. The van der Waals surface area contributed by atoms with Gasteiger partial charge in [0.2, 0.25) is 5.91 Å². The monoisotopic (exact) mass is 255 g/mol. The van der Waals surface area contributed by atoms with Gasteiger partial charge in [-0.25, -0.2) is 0 Å². The molecule has 102 valence electrons. The minimum Gasteiger partial charge on any atom is -0.469 e. The van der Waals surface area contributed by atoms with Crippen molar-refractivity contribution in [3.63, 3.8) is 0 Å². The van der Waals surface area contributed by atoms with E-state index < -0.39 is 0 Å². The summed E-state index contributed by atoms with van der Waals surface area (Å²) in [6.07, 6.45) is 2.77. The summed E-state index contributed by atoms with van der Waals surface area (Å²) in [6, 6.07) is 0. The van der Waals surface area contributed by atoms with E-state index in [4.69, 9.17) is 4.74 Å². The van der Waals surface area contributed by atoms with E-state index in [1.54, 1.807) is 7.05 Å². The normalized spacial score (nSPS) is 23.3. The molecular weight excluding hydrogens is 234 g/mol. The zero-order valence-corrected chi connectivity index (χ0v) is 11.3. The van der Waals surface area contributed by atoms with E-state index in [0.29, 0.717) is 25.7 Å². The molecule has 0 aliphatic heterocycles. The van der Waals surface area contributed by atoms with Gasteiger partial charge < -0.3 is 9.64 Å². The van der Waals surface area contributed by atoms with Crippen molar-refractivity contribution in [2.24, 2.45) is 11.8 Å². The van der Waals surface area contributed by atoms with Crippen molar-refractivity contribution in [3.05, 3.63) is 0 Å². The molecule has 5 heteroatoms. The van der Waals surface area contributed by atoms with Crippen LogP contribution < -0.4 is 0 Å². The molecule has 1 saturated carbocycles. The smallest absolute Gasteiger partial charge is 0.308 e. The molecule has 0 heterocycles. The molecule has 1 amide bonds. The number of likely N-dealkylation sites (N-methyl/N-ethyl adjacent to an activating group) is 1. The molecule has 0 spiro atoms. The number of ether oxygens (including phenoxy) is 1. The van der Waals surface area contributed by atoms with Crippen molar-refractivity contribution in [3.8, 4) is 0 Å². The van der Waals surface area contributed by atoms with Crippen molar-refractivity contribution in [2.75, 3.05) is 20.7 Å². The topological polar surface area (TPSA) is 63.7 Å². The van der Waals surface area contributed by atoms with Crippen LogP contribution in [0.5, 0.6) is 0 Å².